The van der Waals surface area contributed by atoms with Gasteiger partial charge in [-0.15, -0.1) is 0 Å². The Bertz CT molecular complexity index is 1460. The van der Waals surface area contributed by atoms with Gasteiger partial charge in [-0.05, 0) is 49.2 Å². The molecular weight excluding hydrogens is 534 g/mol. The molecule has 1 atom stereocenters. The average molecular weight is 560 g/mol. The summed E-state index contributed by atoms with van der Waals surface area (Å²) in [5, 5.41) is 3.30. The zero-order valence-corrected chi connectivity index (χ0v) is 22.3. The van der Waals surface area contributed by atoms with E-state index < -0.39 is 11.9 Å². The highest BCUT2D eigenvalue weighted by atomic mass is 79.9. The van der Waals surface area contributed by atoms with Crippen molar-refractivity contribution >= 4 is 33.4 Å². The largest absolute Gasteiger partial charge is 0.490 e. The summed E-state index contributed by atoms with van der Waals surface area (Å²) in [6.07, 6.45) is 0. The fourth-order valence-corrected chi connectivity index (χ4v) is 5.14. The number of methoxy groups -OCH3 is 1. The van der Waals surface area contributed by atoms with Crippen LogP contribution in [0.2, 0.25) is 0 Å². The molecule has 7 heteroatoms. The molecule has 1 aliphatic heterocycles. The van der Waals surface area contributed by atoms with Crippen LogP contribution in [0.4, 0.5) is 0 Å². The van der Waals surface area contributed by atoms with E-state index >= 15 is 0 Å². The predicted octanol–water partition coefficient (Wildman–Crippen LogP) is 6.17. The van der Waals surface area contributed by atoms with E-state index in [0.717, 1.165) is 26.9 Å². The van der Waals surface area contributed by atoms with Crippen LogP contribution in [-0.2, 0) is 16.1 Å². The molecule has 2 aliphatic rings. The molecule has 188 valence electrons. The molecule has 5 rings (SSSR count). The zero-order valence-electron chi connectivity index (χ0n) is 20.8. The molecule has 0 fully saturated rings. The van der Waals surface area contributed by atoms with Crippen LogP contribution in [0.1, 0.15) is 46.8 Å². The van der Waals surface area contributed by atoms with Gasteiger partial charge in [0, 0.05) is 32.8 Å². The summed E-state index contributed by atoms with van der Waals surface area (Å²) in [6, 6.07) is 20.9. The summed E-state index contributed by atoms with van der Waals surface area (Å²) < 4.78 is 18.2. The van der Waals surface area contributed by atoms with Crippen molar-refractivity contribution in [1.29, 1.82) is 0 Å². The van der Waals surface area contributed by atoms with Gasteiger partial charge in [0.1, 0.15) is 6.61 Å². The summed E-state index contributed by atoms with van der Waals surface area (Å²) >= 11 is 3.45. The van der Waals surface area contributed by atoms with Gasteiger partial charge >= 0.3 is 5.97 Å². The molecule has 1 N–H and O–H groups in total. The lowest BCUT2D eigenvalue weighted by molar-refractivity contribution is -0.136. The maximum atomic E-state index is 13.6. The predicted molar refractivity (Wildman–Crippen MR) is 144 cm³/mol. The van der Waals surface area contributed by atoms with E-state index in [0.29, 0.717) is 47.1 Å². The number of esters is 1. The second-order valence-electron chi connectivity index (χ2n) is 8.81. The first kappa shape index (κ1) is 24.8. The highest BCUT2D eigenvalue weighted by molar-refractivity contribution is 9.10. The lowest BCUT2D eigenvalue weighted by Crippen LogP contribution is -2.29. The number of allylic oxidation sites excluding steroid dienone is 2. The summed E-state index contributed by atoms with van der Waals surface area (Å²) in [4.78, 5) is 26.6. The smallest absolute Gasteiger partial charge is 0.336 e. The maximum Gasteiger partial charge on any atom is 0.336 e. The summed E-state index contributed by atoms with van der Waals surface area (Å²) in [6.45, 7) is 4.53. The number of rotatable bonds is 7. The van der Waals surface area contributed by atoms with Crippen LogP contribution in [0.25, 0.3) is 5.70 Å². The van der Waals surface area contributed by atoms with E-state index in [2.05, 4.69) is 21.2 Å². The summed E-state index contributed by atoms with van der Waals surface area (Å²) in [7, 11) is 1.35. The Hall–Kier alpha value is -3.84. The number of Topliss-reactive ketones (excluding diaryl/α,β-unsaturated/α-hetero) is 1. The maximum absolute atomic E-state index is 13.6. The van der Waals surface area contributed by atoms with E-state index in [-0.39, 0.29) is 5.78 Å². The molecule has 6 nitrogen and oxygen atoms in total. The third kappa shape index (κ3) is 4.55. The van der Waals surface area contributed by atoms with Crippen molar-refractivity contribution in [2.24, 2.45) is 0 Å². The number of ether oxygens (including phenoxy) is 3. The molecule has 3 aromatic rings. The number of hydrogen-bond donors (Lipinski definition) is 1. The summed E-state index contributed by atoms with van der Waals surface area (Å²) in [5.41, 5.74) is 5.50. The van der Waals surface area contributed by atoms with E-state index in [1.165, 1.54) is 7.11 Å². The van der Waals surface area contributed by atoms with Crippen molar-refractivity contribution in [3.8, 4) is 11.5 Å². The first-order valence-corrected chi connectivity index (χ1v) is 12.8. The standard InChI is InChI=1S/C30H26BrNO5/c1-4-36-24-15-19(11-14-23(24)37-16-18-9-12-20(31)13-10-18)26-25(30(34)35-3)17(2)32-28-21-7-5-6-8-22(21)29(33)27(26)28/h5-15,26,32H,4,16H2,1-3H3/t26-/m0/s1. The Morgan fingerprint density at radius 3 is 2.41 bits per heavy atom. The molecule has 0 radical (unpaired) electrons. The molecule has 3 aromatic carbocycles. The van der Waals surface area contributed by atoms with Crippen LogP contribution in [0.15, 0.2) is 88.0 Å². The van der Waals surface area contributed by atoms with E-state index in [4.69, 9.17) is 14.2 Å². The molecule has 0 aromatic heterocycles. The second-order valence-corrected chi connectivity index (χ2v) is 9.72. The van der Waals surface area contributed by atoms with Crippen LogP contribution in [-0.4, -0.2) is 25.5 Å². The van der Waals surface area contributed by atoms with Crippen LogP contribution >= 0.6 is 15.9 Å². The Morgan fingerprint density at radius 2 is 1.70 bits per heavy atom. The Morgan fingerprint density at radius 1 is 0.973 bits per heavy atom. The van der Waals surface area contributed by atoms with Crippen molar-refractivity contribution in [3.63, 3.8) is 0 Å². The zero-order chi connectivity index (χ0) is 26.1. The number of fused-ring (bicyclic) bond motifs is 2. The lowest BCUT2D eigenvalue weighted by atomic mass is 9.79. The SMILES string of the molecule is CCOc1cc([C@H]2C(C(=O)OC)=C(C)NC3=C2C(=O)c2ccccc23)ccc1OCc1ccc(Br)cc1. The number of nitrogens with one attached hydrogen (secondary N) is 1. The fourth-order valence-electron chi connectivity index (χ4n) is 4.88. The second kappa shape index (κ2) is 10.3. The van der Waals surface area contributed by atoms with Gasteiger partial charge in [0.05, 0.1) is 25.0 Å². The molecule has 0 unspecified atom stereocenters. The Balaban J connectivity index is 1.57. The highest BCUT2D eigenvalue weighted by Crippen LogP contribution is 2.48. The van der Waals surface area contributed by atoms with E-state index in [1.54, 1.807) is 0 Å². The molecular formula is C30H26BrNO5. The van der Waals surface area contributed by atoms with Crippen molar-refractivity contribution in [3.05, 3.63) is 110 Å². The van der Waals surface area contributed by atoms with Crippen molar-refractivity contribution in [2.75, 3.05) is 13.7 Å². The van der Waals surface area contributed by atoms with Crippen LogP contribution < -0.4 is 14.8 Å². The number of ketones is 1. The fraction of sp³-hybridized carbons (Fsp3) is 0.200. The van der Waals surface area contributed by atoms with Gasteiger partial charge in [0.2, 0.25) is 0 Å². The van der Waals surface area contributed by atoms with Gasteiger partial charge in [-0.1, -0.05) is 58.4 Å². The van der Waals surface area contributed by atoms with Gasteiger partial charge in [0.25, 0.3) is 0 Å². The molecule has 0 amide bonds. The van der Waals surface area contributed by atoms with Gasteiger partial charge in [-0.3, -0.25) is 4.79 Å². The number of hydrogen-bond acceptors (Lipinski definition) is 6. The quantitative estimate of drug-likeness (QED) is 0.349. The van der Waals surface area contributed by atoms with Crippen LogP contribution in [0, 0.1) is 0 Å². The molecule has 1 aliphatic carbocycles. The van der Waals surface area contributed by atoms with E-state index in [1.807, 2.05) is 80.6 Å². The van der Waals surface area contributed by atoms with Crippen LogP contribution in [0.5, 0.6) is 11.5 Å². The number of halogens is 1. The Labute approximate surface area is 224 Å². The minimum absolute atomic E-state index is 0.106. The number of benzene rings is 3. The Kier molecular flexibility index (Phi) is 6.89. The van der Waals surface area contributed by atoms with Crippen molar-refractivity contribution < 1.29 is 23.8 Å². The highest BCUT2D eigenvalue weighted by Gasteiger charge is 2.43. The minimum atomic E-state index is -0.622. The van der Waals surface area contributed by atoms with E-state index in [9.17, 15) is 9.59 Å². The molecule has 37 heavy (non-hydrogen) atoms. The van der Waals surface area contributed by atoms with Crippen molar-refractivity contribution in [1.82, 2.24) is 5.32 Å². The van der Waals surface area contributed by atoms with Gasteiger partial charge in [0.15, 0.2) is 17.3 Å². The normalized spacial score (nSPS) is 16.2. The van der Waals surface area contributed by atoms with Gasteiger partial charge in [-0.2, -0.15) is 0 Å². The molecule has 0 saturated heterocycles. The molecule has 1 heterocycles. The van der Waals surface area contributed by atoms with Gasteiger partial charge < -0.3 is 19.5 Å². The summed E-state index contributed by atoms with van der Waals surface area (Å²) in [5.74, 6) is -0.0895. The monoisotopic (exact) mass is 559 g/mol. The molecule has 0 saturated carbocycles. The van der Waals surface area contributed by atoms with Gasteiger partial charge in [-0.25, -0.2) is 4.79 Å². The topological polar surface area (TPSA) is 73.9 Å². The number of carbonyl (C=O) groups excluding carboxylic acids is 2. The third-order valence-corrected chi connectivity index (χ3v) is 7.09. The average Bonchev–Trinajstić information content (AvgIpc) is 3.19. The minimum Gasteiger partial charge on any atom is -0.490 e. The number of dihydropyridines is 1. The first-order chi connectivity index (χ1) is 17.9. The first-order valence-electron chi connectivity index (χ1n) is 12.0. The number of carbonyl (C=O) groups is 2. The van der Waals surface area contributed by atoms with Crippen molar-refractivity contribution in [2.45, 2.75) is 26.4 Å². The van der Waals surface area contributed by atoms with Crippen LogP contribution in [0.3, 0.4) is 0 Å². The molecule has 0 spiro atoms. The third-order valence-electron chi connectivity index (χ3n) is 6.56. The molecule has 0 bridgehead atoms. The lowest BCUT2D eigenvalue weighted by Gasteiger charge is -2.29.